The molecular weight excluding hydrogens is 308 g/mol. The molecule has 1 aromatic carbocycles. The summed E-state index contributed by atoms with van der Waals surface area (Å²) in [6.07, 6.45) is 1.07. The van der Waals surface area contributed by atoms with Crippen LogP contribution in [0.2, 0.25) is 0 Å². The minimum Gasteiger partial charge on any atom is -0.263 e. The molecule has 1 rings (SSSR count). The zero-order valence-electron chi connectivity index (χ0n) is 13.2. The van der Waals surface area contributed by atoms with Gasteiger partial charge in [-0.3, -0.25) is 4.55 Å². The van der Waals surface area contributed by atoms with Gasteiger partial charge in [-0.2, -0.15) is 12.0 Å². The topological polar surface area (TPSA) is 63.6 Å². The lowest BCUT2D eigenvalue weighted by Gasteiger charge is -2.33. The molecule has 1 aromatic rings. The van der Waals surface area contributed by atoms with Gasteiger partial charge >= 0.3 is 10.4 Å². The van der Waals surface area contributed by atoms with E-state index < -0.39 is 10.4 Å². The summed E-state index contributed by atoms with van der Waals surface area (Å²) in [5.41, 5.74) is 2.52. The summed E-state index contributed by atoms with van der Waals surface area (Å²) in [7, 11) is -4.38. The summed E-state index contributed by atoms with van der Waals surface area (Å²) < 4.78 is 33.6. The molecule has 4 nitrogen and oxygen atoms in total. The lowest BCUT2D eigenvalue weighted by atomic mass is 9.72. The van der Waals surface area contributed by atoms with Crippen molar-refractivity contribution in [3.05, 3.63) is 35.4 Å². The minimum absolute atomic E-state index is 0.0782. The van der Waals surface area contributed by atoms with E-state index in [9.17, 15) is 8.42 Å². The Morgan fingerprint density at radius 2 is 1.62 bits per heavy atom. The number of hydrogen-bond donors (Lipinski definition) is 1. The highest BCUT2D eigenvalue weighted by atomic mass is 32.3. The van der Waals surface area contributed by atoms with Crippen LogP contribution in [0.1, 0.15) is 52.2 Å². The smallest absolute Gasteiger partial charge is 0.263 e. The molecule has 0 saturated heterocycles. The molecule has 0 atom stereocenters. The fourth-order valence-corrected chi connectivity index (χ4v) is 3.64. The van der Waals surface area contributed by atoms with Gasteiger partial charge in [-0.1, -0.05) is 58.9 Å². The van der Waals surface area contributed by atoms with E-state index in [0.29, 0.717) is 17.8 Å². The van der Waals surface area contributed by atoms with Crippen LogP contribution in [0.5, 0.6) is 0 Å². The zero-order chi connectivity index (χ0) is 16.3. The van der Waals surface area contributed by atoms with E-state index in [-0.39, 0.29) is 10.8 Å². The molecule has 0 aliphatic carbocycles. The van der Waals surface area contributed by atoms with Crippen LogP contribution in [-0.4, -0.2) is 13.0 Å². The molecule has 0 unspecified atom stereocenters. The van der Waals surface area contributed by atoms with Gasteiger partial charge in [-0.25, -0.2) is 0 Å². The van der Waals surface area contributed by atoms with E-state index >= 15 is 0 Å². The van der Waals surface area contributed by atoms with Crippen molar-refractivity contribution >= 4 is 22.4 Å². The van der Waals surface area contributed by atoms with Gasteiger partial charge < -0.3 is 0 Å². The first kappa shape index (κ1) is 18.5. The maximum atomic E-state index is 10.5. The predicted molar refractivity (Wildman–Crippen MR) is 87.5 cm³/mol. The first-order valence-corrected chi connectivity index (χ1v) is 9.05. The summed E-state index contributed by atoms with van der Waals surface area (Å²) in [6, 6.07) is 8.05. The van der Waals surface area contributed by atoms with Crippen molar-refractivity contribution in [2.45, 2.75) is 52.2 Å². The second kappa shape index (κ2) is 6.69. The molecule has 0 spiro atoms. The maximum Gasteiger partial charge on any atom is 0.408 e. The minimum atomic E-state index is -4.38. The predicted octanol–water partition coefficient (Wildman–Crippen LogP) is 4.37. The van der Waals surface area contributed by atoms with Gasteiger partial charge in [0.2, 0.25) is 0 Å². The molecule has 1 N–H and O–H groups in total. The van der Waals surface area contributed by atoms with Gasteiger partial charge in [-0.05, 0) is 28.4 Å². The van der Waals surface area contributed by atoms with E-state index in [1.54, 1.807) is 0 Å². The molecule has 0 aliphatic heterocycles. The van der Waals surface area contributed by atoms with Crippen LogP contribution >= 0.6 is 12.0 Å². The van der Waals surface area contributed by atoms with Crippen molar-refractivity contribution in [3.8, 4) is 0 Å². The summed E-state index contributed by atoms with van der Waals surface area (Å²) in [4.78, 5) is 0. The highest BCUT2D eigenvalue weighted by molar-refractivity contribution is 8.02. The molecule has 0 heterocycles. The Hall–Kier alpha value is -0.560. The van der Waals surface area contributed by atoms with Crippen LogP contribution in [0.25, 0.3) is 0 Å². The molecule has 120 valence electrons. The van der Waals surface area contributed by atoms with Crippen LogP contribution in [0.15, 0.2) is 24.3 Å². The maximum absolute atomic E-state index is 10.5. The molecule has 0 aliphatic rings. The third-order valence-electron chi connectivity index (χ3n) is 3.07. The van der Waals surface area contributed by atoms with Gasteiger partial charge in [0.1, 0.15) is 0 Å². The first-order chi connectivity index (χ1) is 9.39. The molecule has 0 radical (unpaired) electrons. The lowest BCUT2D eigenvalue weighted by molar-refractivity contribution is 0.284. The molecule has 0 aromatic heterocycles. The summed E-state index contributed by atoms with van der Waals surface area (Å²) in [6.45, 7) is 11.1. The second-order valence-corrected chi connectivity index (χ2v) is 9.00. The Labute approximate surface area is 132 Å². The Kier molecular flexibility index (Phi) is 5.89. The number of hydrogen-bond acceptors (Lipinski definition) is 4. The molecule has 0 amide bonds. The highest BCUT2D eigenvalue weighted by Gasteiger charge is 2.27. The van der Waals surface area contributed by atoms with Crippen LogP contribution in [0.4, 0.5) is 0 Å². The number of benzene rings is 1. The van der Waals surface area contributed by atoms with Gasteiger partial charge in [0, 0.05) is 17.8 Å². The van der Waals surface area contributed by atoms with E-state index in [1.165, 1.54) is 5.56 Å². The van der Waals surface area contributed by atoms with Crippen molar-refractivity contribution in [3.63, 3.8) is 0 Å². The third kappa shape index (κ3) is 7.31. The Morgan fingerprint density at radius 1 is 1.10 bits per heavy atom. The standard InChI is InChI=1S/C15H24O4S2/c1-14(2,3)11-15(4,5)13-8-6-12(7-9-13)10-20-19-21(16,17)18/h6-9H,10-11H2,1-5H3,(H,16,17,18). The first-order valence-electron chi connectivity index (χ1n) is 6.77. The normalized spacial score (nSPS) is 13.4. The molecular formula is C15H24O4S2. The van der Waals surface area contributed by atoms with E-state index in [0.717, 1.165) is 12.0 Å². The lowest BCUT2D eigenvalue weighted by Crippen LogP contribution is -2.24. The summed E-state index contributed by atoms with van der Waals surface area (Å²) >= 11 is 0.699. The van der Waals surface area contributed by atoms with Crippen LogP contribution in [0.3, 0.4) is 0 Å². The van der Waals surface area contributed by atoms with Crippen molar-refractivity contribution in [2.24, 2.45) is 5.41 Å². The SMILES string of the molecule is CC(C)(C)CC(C)(C)c1ccc(CSOS(=O)(=O)O)cc1. The van der Waals surface area contributed by atoms with Crippen molar-refractivity contribution in [1.29, 1.82) is 0 Å². The monoisotopic (exact) mass is 332 g/mol. The Balaban J connectivity index is 2.69. The van der Waals surface area contributed by atoms with Crippen molar-refractivity contribution < 1.29 is 16.6 Å². The zero-order valence-corrected chi connectivity index (χ0v) is 14.8. The molecule has 0 fully saturated rings. The van der Waals surface area contributed by atoms with Crippen LogP contribution in [0, 0.1) is 5.41 Å². The largest absolute Gasteiger partial charge is 0.408 e. The quantitative estimate of drug-likeness (QED) is 0.619. The summed E-state index contributed by atoms with van der Waals surface area (Å²) in [5, 5.41) is 0. The van der Waals surface area contributed by atoms with Crippen molar-refractivity contribution in [2.75, 3.05) is 0 Å². The van der Waals surface area contributed by atoms with Gasteiger partial charge in [0.15, 0.2) is 0 Å². The Bertz CT molecular complexity index is 554. The molecule has 0 bridgehead atoms. The van der Waals surface area contributed by atoms with Crippen LogP contribution < -0.4 is 0 Å². The van der Waals surface area contributed by atoms with E-state index in [4.69, 9.17) is 4.55 Å². The molecule has 0 saturated carbocycles. The van der Waals surface area contributed by atoms with Gasteiger partial charge in [-0.15, -0.1) is 0 Å². The summed E-state index contributed by atoms with van der Waals surface area (Å²) in [5.74, 6) is 0.361. The molecule has 21 heavy (non-hydrogen) atoms. The average molecular weight is 332 g/mol. The highest BCUT2D eigenvalue weighted by Crippen LogP contribution is 2.36. The second-order valence-electron chi connectivity index (χ2n) is 7.08. The average Bonchev–Trinajstić information content (AvgIpc) is 2.24. The van der Waals surface area contributed by atoms with Gasteiger partial charge in [0.05, 0.1) is 0 Å². The Morgan fingerprint density at radius 3 is 2.05 bits per heavy atom. The fourth-order valence-electron chi connectivity index (χ4n) is 2.63. The van der Waals surface area contributed by atoms with E-state index in [2.05, 4.69) is 50.4 Å². The van der Waals surface area contributed by atoms with E-state index in [1.807, 2.05) is 12.1 Å². The fraction of sp³-hybridized carbons (Fsp3) is 0.600. The van der Waals surface area contributed by atoms with Gasteiger partial charge in [0.25, 0.3) is 0 Å². The van der Waals surface area contributed by atoms with Crippen molar-refractivity contribution in [1.82, 2.24) is 0 Å². The number of rotatable bonds is 6. The van der Waals surface area contributed by atoms with Crippen LogP contribution in [-0.2, 0) is 25.2 Å². The third-order valence-corrected chi connectivity index (χ3v) is 4.59. The molecule has 6 heteroatoms.